The third kappa shape index (κ3) is 3.29. The van der Waals surface area contributed by atoms with Crippen LogP contribution in [0, 0.1) is 0 Å². The Balaban J connectivity index is 1.64. The molecule has 0 spiro atoms. The van der Waals surface area contributed by atoms with E-state index in [1.165, 1.54) is 12.1 Å². The molecule has 0 bridgehead atoms. The van der Waals surface area contributed by atoms with Gasteiger partial charge in [0.15, 0.2) is 5.65 Å². The van der Waals surface area contributed by atoms with Crippen molar-refractivity contribution in [3.63, 3.8) is 0 Å². The number of nitrogens with one attached hydrogen (secondary N) is 2. The van der Waals surface area contributed by atoms with Gasteiger partial charge < -0.3 is 10.6 Å². The first-order valence-electron chi connectivity index (χ1n) is 8.15. The van der Waals surface area contributed by atoms with Gasteiger partial charge in [0, 0.05) is 25.2 Å². The van der Waals surface area contributed by atoms with Crippen molar-refractivity contribution < 1.29 is 18.0 Å². The van der Waals surface area contributed by atoms with Gasteiger partial charge in [-0.1, -0.05) is 0 Å². The average molecular weight is 380 g/mol. The second kappa shape index (κ2) is 6.21. The Labute approximate surface area is 150 Å². The van der Waals surface area contributed by atoms with E-state index in [1.807, 2.05) is 0 Å². The van der Waals surface area contributed by atoms with E-state index in [2.05, 4.69) is 31.0 Å². The molecule has 1 saturated heterocycles. The molecule has 0 aliphatic carbocycles. The molecule has 1 aliphatic heterocycles. The first-order valence-corrected chi connectivity index (χ1v) is 8.15. The fourth-order valence-corrected chi connectivity index (χ4v) is 3.10. The summed E-state index contributed by atoms with van der Waals surface area (Å²) in [5.41, 5.74) is 0.790. The maximum atomic E-state index is 13.0. The minimum Gasteiger partial charge on any atom is -0.363 e. The summed E-state index contributed by atoms with van der Waals surface area (Å²) in [6.07, 6.45) is -0.440. The lowest BCUT2D eigenvalue weighted by atomic mass is 9.94. The van der Waals surface area contributed by atoms with Crippen molar-refractivity contribution >= 4 is 17.4 Å². The van der Waals surface area contributed by atoms with Gasteiger partial charge >= 0.3 is 6.18 Å². The smallest absolute Gasteiger partial charge is 0.363 e. The third-order valence-corrected chi connectivity index (χ3v) is 4.33. The van der Waals surface area contributed by atoms with Crippen LogP contribution in [0.3, 0.4) is 0 Å². The minimum absolute atomic E-state index is 0.00590. The monoisotopic (exact) mass is 380 g/mol. The standard InChI is InChI=1S/C15H15F3N8O/c1-25-7-8(6-19-25)13-9(2-5-12(27)21-13)20-10-3-4-11-22-23-14(15(16,17)18)26(11)24-10/h3-4,6-7,9,13H,2,5H2,1H3,(H,20,24)(H,21,27)/t9-,13+/m1/s1. The molecular formula is C15H15F3N8O. The van der Waals surface area contributed by atoms with Crippen molar-refractivity contribution in [3.05, 3.63) is 35.9 Å². The molecule has 2 atom stereocenters. The Bertz CT molecular complexity index is 995. The minimum atomic E-state index is -4.66. The molecule has 4 heterocycles. The SMILES string of the molecule is Cn1cc([C@@H]2NC(=O)CC[C@H]2Nc2ccc3nnc(C(F)(F)F)n3n2)cn1. The normalized spacial score (nSPS) is 20.7. The number of carbonyl (C=O) groups excluding carboxylic acids is 1. The Morgan fingerprint density at radius 3 is 2.81 bits per heavy atom. The van der Waals surface area contributed by atoms with Crippen molar-refractivity contribution in [3.8, 4) is 0 Å². The molecule has 4 rings (SSSR count). The van der Waals surface area contributed by atoms with Crippen LogP contribution in [-0.2, 0) is 18.0 Å². The van der Waals surface area contributed by atoms with Crippen LogP contribution in [0.1, 0.15) is 30.3 Å². The van der Waals surface area contributed by atoms with Gasteiger partial charge in [-0.3, -0.25) is 9.48 Å². The molecule has 142 valence electrons. The second-order valence-corrected chi connectivity index (χ2v) is 6.29. The van der Waals surface area contributed by atoms with Crippen LogP contribution in [0.5, 0.6) is 0 Å². The van der Waals surface area contributed by atoms with E-state index in [0.29, 0.717) is 17.4 Å². The summed E-state index contributed by atoms with van der Waals surface area (Å²) < 4.78 is 41.4. The number of halogens is 3. The van der Waals surface area contributed by atoms with Crippen LogP contribution >= 0.6 is 0 Å². The van der Waals surface area contributed by atoms with E-state index in [1.54, 1.807) is 24.1 Å². The van der Waals surface area contributed by atoms with Crippen LogP contribution in [0.2, 0.25) is 0 Å². The topological polar surface area (TPSA) is 102 Å². The number of fused-ring (bicyclic) bond motifs is 1. The predicted octanol–water partition coefficient (Wildman–Crippen LogP) is 1.31. The lowest BCUT2D eigenvalue weighted by Gasteiger charge is -2.32. The van der Waals surface area contributed by atoms with E-state index >= 15 is 0 Å². The first kappa shape index (κ1) is 17.2. The highest BCUT2D eigenvalue weighted by Gasteiger charge is 2.38. The number of anilines is 1. The maximum Gasteiger partial charge on any atom is 0.453 e. The lowest BCUT2D eigenvalue weighted by molar-refractivity contribution is -0.146. The van der Waals surface area contributed by atoms with Gasteiger partial charge in [0.1, 0.15) is 5.82 Å². The Morgan fingerprint density at radius 1 is 1.30 bits per heavy atom. The fourth-order valence-electron chi connectivity index (χ4n) is 3.10. The van der Waals surface area contributed by atoms with Crippen molar-refractivity contribution in [1.29, 1.82) is 0 Å². The highest BCUT2D eigenvalue weighted by Crippen LogP contribution is 2.29. The van der Waals surface area contributed by atoms with Gasteiger partial charge in [-0.15, -0.1) is 15.3 Å². The molecule has 27 heavy (non-hydrogen) atoms. The van der Waals surface area contributed by atoms with Gasteiger partial charge in [0.25, 0.3) is 5.82 Å². The summed E-state index contributed by atoms with van der Waals surface area (Å²) in [5.74, 6) is -1.06. The molecule has 12 heteroatoms. The molecule has 3 aromatic heterocycles. The number of hydrogen-bond acceptors (Lipinski definition) is 6. The van der Waals surface area contributed by atoms with Gasteiger partial charge in [-0.25, -0.2) is 0 Å². The van der Waals surface area contributed by atoms with Crippen LogP contribution in [0.25, 0.3) is 5.65 Å². The van der Waals surface area contributed by atoms with Gasteiger partial charge in [-0.05, 0) is 18.6 Å². The van der Waals surface area contributed by atoms with Gasteiger partial charge in [-0.2, -0.15) is 22.8 Å². The second-order valence-electron chi connectivity index (χ2n) is 6.29. The number of aryl methyl sites for hydroxylation is 1. The maximum absolute atomic E-state index is 13.0. The van der Waals surface area contributed by atoms with E-state index in [4.69, 9.17) is 0 Å². The van der Waals surface area contributed by atoms with Crippen LogP contribution in [-0.4, -0.2) is 41.5 Å². The predicted molar refractivity (Wildman–Crippen MR) is 86.5 cm³/mol. The van der Waals surface area contributed by atoms with E-state index in [-0.39, 0.29) is 29.5 Å². The van der Waals surface area contributed by atoms with E-state index < -0.39 is 12.0 Å². The van der Waals surface area contributed by atoms with E-state index in [0.717, 1.165) is 5.56 Å². The van der Waals surface area contributed by atoms with Crippen molar-refractivity contribution in [2.24, 2.45) is 7.05 Å². The van der Waals surface area contributed by atoms with Crippen molar-refractivity contribution in [1.82, 2.24) is 34.9 Å². The zero-order valence-corrected chi connectivity index (χ0v) is 14.1. The quantitative estimate of drug-likeness (QED) is 0.710. The lowest BCUT2D eigenvalue weighted by Crippen LogP contribution is -2.45. The van der Waals surface area contributed by atoms with Gasteiger partial charge in [0.2, 0.25) is 5.91 Å². The Morgan fingerprint density at radius 2 is 2.11 bits per heavy atom. The molecule has 0 aromatic carbocycles. The highest BCUT2D eigenvalue weighted by atomic mass is 19.4. The molecule has 1 fully saturated rings. The van der Waals surface area contributed by atoms with Gasteiger partial charge in [0.05, 0.1) is 18.3 Å². The number of amides is 1. The molecule has 0 radical (unpaired) electrons. The molecule has 9 nitrogen and oxygen atoms in total. The number of piperidine rings is 1. The fraction of sp³-hybridized carbons (Fsp3) is 0.400. The largest absolute Gasteiger partial charge is 0.453 e. The molecule has 0 saturated carbocycles. The summed E-state index contributed by atoms with van der Waals surface area (Å²) in [4.78, 5) is 11.8. The zero-order valence-electron chi connectivity index (χ0n) is 14.1. The number of alkyl halides is 3. The summed E-state index contributed by atoms with van der Waals surface area (Å²) in [6.45, 7) is 0. The number of rotatable bonds is 3. The molecule has 3 aromatic rings. The number of aromatic nitrogens is 6. The van der Waals surface area contributed by atoms with Crippen LogP contribution < -0.4 is 10.6 Å². The molecule has 1 amide bonds. The van der Waals surface area contributed by atoms with Crippen LogP contribution in [0.15, 0.2) is 24.5 Å². The average Bonchev–Trinajstić information content (AvgIpc) is 3.22. The number of hydrogen-bond donors (Lipinski definition) is 2. The van der Waals surface area contributed by atoms with Crippen molar-refractivity contribution in [2.45, 2.75) is 31.1 Å². The third-order valence-electron chi connectivity index (χ3n) is 4.33. The zero-order chi connectivity index (χ0) is 19.2. The molecule has 1 aliphatic rings. The summed E-state index contributed by atoms with van der Waals surface area (Å²) in [6, 6.07) is 2.29. The van der Waals surface area contributed by atoms with E-state index in [9.17, 15) is 18.0 Å². The van der Waals surface area contributed by atoms with Crippen molar-refractivity contribution in [2.75, 3.05) is 5.32 Å². The first-order chi connectivity index (χ1) is 12.8. The molecule has 2 N–H and O–H groups in total. The number of nitrogens with zero attached hydrogens (tertiary/aromatic N) is 6. The Hall–Kier alpha value is -3.18. The molecular weight excluding hydrogens is 365 g/mol. The molecule has 0 unspecified atom stereocenters. The summed E-state index contributed by atoms with van der Waals surface area (Å²) in [5, 5.41) is 20.7. The summed E-state index contributed by atoms with van der Waals surface area (Å²) in [7, 11) is 1.76. The Kier molecular flexibility index (Phi) is 3.97. The number of carbonyl (C=O) groups is 1. The highest BCUT2D eigenvalue weighted by molar-refractivity contribution is 5.77. The summed E-state index contributed by atoms with van der Waals surface area (Å²) >= 11 is 0. The van der Waals surface area contributed by atoms with Crippen LogP contribution in [0.4, 0.5) is 19.0 Å².